The molecule has 2 N–H and O–H groups in total. The van der Waals surface area contributed by atoms with Gasteiger partial charge in [-0.2, -0.15) is 0 Å². The van der Waals surface area contributed by atoms with Crippen LogP contribution in [0.4, 0.5) is 10.5 Å². The molecular formula is C21H25N3O5. The quantitative estimate of drug-likeness (QED) is 0.430. The molecule has 1 atom stereocenters. The van der Waals surface area contributed by atoms with Crippen molar-refractivity contribution in [2.75, 3.05) is 6.61 Å². The van der Waals surface area contributed by atoms with E-state index in [9.17, 15) is 19.7 Å². The number of urea groups is 1. The molecule has 1 aromatic rings. The summed E-state index contributed by atoms with van der Waals surface area (Å²) in [5.41, 5.74) is 1.62. The van der Waals surface area contributed by atoms with E-state index in [0.29, 0.717) is 29.4 Å². The lowest BCUT2D eigenvalue weighted by Gasteiger charge is -2.30. The Kier molecular flexibility index (Phi) is 5.51. The van der Waals surface area contributed by atoms with Crippen molar-refractivity contribution in [3.8, 4) is 0 Å². The Morgan fingerprint density at radius 3 is 2.41 bits per heavy atom. The van der Waals surface area contributed by atoms with Crippen LogP contribution in [0.5, 0.6) is 0 Å². The summed E-state index contributed by atoms with van der Waals surface area (Å²) in [6, 6.07) is 4.86. The van der Waals surface area contributed by atoms with E-state index in [1.54, 1.807) is 12.1 Å². The average molecular weight is 399 g/mol. The second-order valence-electron chi connectivity index (χ2n) is 8.08. The number of hydrogen-bond acceptors (Lipinski definition) is 5. The number of carbonyl (C=O) groups excluding carboxylic acids is 2. The highest BCUT2D eigenvalue weighted by Crippen LogP contribution is 2.41. The number of ether oxygens (including phenoxy) is 1. The first-order chi connectivity index (χ1) is 14.0. The summed E-state index contributed by atoms with van der Waals surface area (Å²) < 4.78 is 5.68. The number of hydrogen-bond donors (Lipinski definition) is 2. The highest BCUT2D eigenvalue weighted by atomic mass is 16.6. The molecule has 0 saturated heterocycles. The normalized spacial score (nSPS) is 22.6. The molecule has 154 valence electrons. The van der Waals surface area contributed by atoms with Crippen molar-refractivity contribution in [2.45, 2.75) is 51.0 Å². The summed E-state index contributed by atoms with van der Waals surface area (Å²) in [4.78, 5) is 35.8. The van der Waals surface area contributed by atoms with E-state index in [2.05, 4.69) is 10.6 Å². The van der Waals surface area contributed by atoms with Gasteiger partial charge >= 0.3 is 12.0 Å². The lowest BCUT2D eigenvalue weighted by atomic mass is 9.90. The molecule has 29 heavy (non-hydrogen) atoms. The molecular weight excluding hydrogens is 374 g/mol. The fourth-order valence-corrected chi connectivity index (χ4v) is 4.17. The van der Waals surface area contributed by atoms with Gasteiger partial charge in [0.15, 0.2) is 0 Å². The number of nitro groups is 1. The summed E-state index contributed by atoms with van der Waals surface area (Å²) in [5.74, 6) is 0.119. The van der Waals surface area contributed by atoms with Crippen LogP contribution in [0.15, 0.2) is 35.5 Å². The largest absolute Gasteiger partial charge is 0.462 e. The predicted molar refractivity (Wildman–Crippen MR) is 105 cm³/mol. The summed E-state index contributed by atoms with van der Waals surface area (Å²) in [5, 5.41) is 16.5. The van der Waals surface area contributed by atoms with Gasteiger partial charge in [-0.3, -0.25) is 10.1 Å². The van der Waals surface area contributed by atoms with Crippen LogP contribution in [-0.2, 0) is 9.53 Å². The van der Waals surface area contributed by atoms with Gasteiger partial charge in [0.25, 0.3) is 5.69 Å². The maximum atomic E-state index is 13.1. The number of nitro benzene ring substituents is 1. The molecule has 0 radical (unpaired) electrons. The minimum Gasteiger partial charge on any atom is -0.462 e. The van der Waals surface area contributed by atoms with E-state index < -0.39 is 16.9 Å². The first-order valence-electron chi connectivity index (χ1n) is 10.3. The molecule has 8 nitrogen and oxygen atoms in total. The molecule has 1 heterocycles. The van der Waals surface area contributed by atoms with Crippen LogP contribution in [-0.4, -0.2) is 23.5 Å². The molecule has 2 fully saturated rings. The smallest absolute Gasteiger partial charge is 0.338 e. The van der Waals surface area contributed by atoms with Crippen molar-refractivity contribution in [3.05, 3.63) is 51.2 Å². The van der Waals surface area contributed by atoms with Crippen LogP contribution in [0.3, 0.4) is 0 Å². The Hall–Kier alpha value is -2.90. The summed E-state index contributed by atoms with van der Waals surface area (Å²) in [6.45, 7) is 0.390. The highest BCUT2D eigenvalue weighted by molar-refractivity contribution is 5.95. The molecule has 2 amide bonds. The van der Waals surface area contributed by atoms with Gasteiger partial charge in [-0.05, 0) is 55.2 Å². The lowest BCUT2D eigenvalue weighted by Crippen LogP contribution is -2.46. The molecule has 1 aromatic carbocycles. The highest BCUT2D eigenvalue weighted by Gasteiger charge is 2.40. The molecule has 0 aromatic heterocycles. The maximum Gasteiger partial charge on any atom is 0.338 e. The molecule has 2 saturated carbocycles. The van der Waals surface area contributed by atoms with Crippen LogP contribution in [0.1, 0.15) is 56.6 Å². The Morgan fingerprint density at radius 1 is 1.10 bits per heavy atom. The van der Waals surface area contributed by atoms with Crippen LogP contribution in [0.25, 0.3) is 0 Å². The minimum absolute atomic E-state index is 0.0400. The van der Waals surface area contributed by atoms with Gasteiger partial charge in [-0.1, -0.05) is 19.3 Å². The molecule has 3 aliphatic rings. The number of benzene rings is 1. The Balaban J connectivity index is 1.59. The molecule has 8 heteroatoms. The standard InChI is InChI=1S/C21H25N3O5/c25-20(29-12-13-4-2-1-3-5-13)17-18(14-6-7-14)22-21(26)23-19(17)15-8-10-16(11-9-15)24(27)28/h8-11,13-14,19H,1-7,12H2,(H2,22,23,26). The van der Waals surface area contributed by atoms with E-state index in [0.717, 1.165) is 25.7 Å². The third-order valence-electron chi connectivity index (χ3n) is 5.92. The number of allylic oxidation sites excluding steroid dienone is 1. The van der Waals surface area contributed by atoms with Crippen molar-refractivity contribution in [2.24, 2.45) is 11.8 Å². The van der Waals surface area contributed by atoms with Crippen LogP contribution >= 0.6 is 0 Å². The zero-order valence-corrected chi connectivity index (χ0v) is 16.2. The zero-order valence-electron chi connectivity index (χ0n) is 16.2. The van der Waals surface area contributed by atoms with Gasteiger partial charge in [-0.25, -0.2) is 9.59 Å². The third kappa shape index (κ3) is 4.41. The van der Waals surface area contributed by atoms with Crippen molar-refractivity contribution in [1.82, 2.24) is 10.6 Å². The number of non-ortho nitro benzene ring substituents is 1. The Labute approximate surface area is 168 Å². The first kappa shape index (κ1) is 19.4. The van der Waals surface area contributed by atoms with E-state index in [4.69, 9.17) is 4.74 Å². The van der Waals surface area contributed by atoms with E-state index in [-0.39, 0.29) is 17.6 Å². The Bertz CT molecular complexity index is 838. The zero-order chi connectivity index (χ0) is 20.4. The number of esters is 1. The van der Waals surface area contributed by atoms with Crippen molar-refractivity contribution in [1.29, 1.82) is 0 Å². The van der Waals surface area contributed by atoms with Crippen LogP contribution in [0, 0.1) is 22.0 Å². The number of rotatable bonds is 6. The lowest BCUT2D eigenvalue weighted by molar-refractivity contribution is -0.384. The van der Waals surface area contributed by atoms with Gasteiger partial charge in [0.05, 0.1) is 23.1 Å². The van der Waals surface area contributed by atoms with Gasteiger partial charge < -0.3 is 15.4 Å². The van der Waals surface area contributed by atoms with E-state index >= 15 is 0 Å². The SMILES string of the molecule is O=C1NC(C2CC2)=C(C(=O)OCC2CCCCC2)C(c2ccc([N+](=O)[O-])cc2)N1. The number of carbonyl (C=O) groups is 2. The molecule has 1 unspecified atom stereocenters. The number of nitrogens with one attached hydrogen (secondary N) is 2. The predicted octanol–water partition coefficient (Wildman–Crippen LogP) is 3.74. The maximum absolute atomic E-state index is 13.1. The monoisotopic (exact) mass is 399 g/mol. The molecule has 0 spiro atoms. The second kappa shape index (κ2) is 8.23. The van der Waals surface area contributed by atoms with E-state index in [1.165, 1.54) is 31.4 Å². The summed E-state index contributed by atoms with van der Waals surface area (Å²) in [6.07, 6.45) is 7.55. The van der Waals surface area contributed by atoms with E-state index in [1.807, 2.05) is 0 Å². The molecule has 4 rings (SSSR count). The van der Waals surface area contributed by atoms with Gasteiger partial charge in [0.2, 0.25) is 0 Å². The Morgan fingerprint density at radius 2 is 1.79 bits per heavy atom. The topological polar surface area (TPSA) is 111 Å². The van der Waals surface area contributed by atoms with Gasteiger partial charge in [0.1, 0.15) is 0 Å². The molecule has 1 aliphatic heterocycles. The van der Waals surface area contributed by atoms with Crippen molar-refractivity contribution < 1.29 is 19.2 Å². The first-order valence-corrected chi connectivity index (χ1v) is 10.3. The minimum atomic E-state index is -0.681. The molecule has 0 bridgehead atoms. The van der Waals surface area contributed by atoms with Gasteiger partial charge in [0, 0.05) is 17.8 Å². The van der Waals surface area contributed by atoms with Gasteiger partial charge in [-0.15, -0.1) is 0 Å². The number of amides is 2. The third-order valence-corrected chi connectivity index (χ3v) is 5.92. The average Bonchev–Trinajstić information content (AvgIpc) is 3.57. The molecule has 2 aliphatic carbocycles. The summed E-state index contributed by atoms with van der Waals surface area (Å²) >= 11 is 0. The fourth-order valence-electron chi connectivity index (χ4n) is 4.17. The second-order valence-corrected chi connectivity index (χ2v) is 8.08. The van der Waals surface area contributed by atoms with Crippen molar-refractivity contribution >= 4 is 17.7 Å². The summed E-state index contributed by atoms with van der Waals surface area (Å²) in [7, 11) is 0. The van der Waals surface area contributed by atoms with Crippen molar-refractivity contribution in [3.63, 3.8) is 0 Å². The van der Waals surface area contributed by atoms with Crippen LogP contribution < -0.4 is 10.6 Å². The van der Waals surface area contributed by atoms with Crippen LogP contribution in [0.2, 0.25) is 0 Å². The number of nitrogens with zero attached hydrogens (tertiary/aromatic N) is 1. The fraction of sp³-hybridized carbons (Fsp3) is 0.524.